The molecule has 4 heteroatoms. The van der Waals surface area contributed by atoms with Gasteiger partial charge in [0, 0.05) is 34.3 Å². The summed E-state index contributed by atoms with van der Waals surface area (Å²) in [5.41, 5.74) is 1.42. The van der Waals surface area contributed by atoms with Gasteiger partial charge >= 0.3 is 0 Å². The largest absolute Gasteiger partial charge is 0.382 e. The molecule has 1 heterocycles. The van der Waals surface area contributed by atoms with Crippen LogP contribution in [-0.4, -0.2) is 25.9 Å². The third-order valence-corrected chi connectivity index (χ3v) is 4.45. The number of thiophene rings is 1. The van der Waals surface area contributed by atoms with E-state index in [9.17, 15) is 0 Å². The molecule has 0 amide bonds. The Morgan fingerprint density at radius 3 is 2.62 bits per heavy atom. The average Bonchev–Trinajstić information content (AvgIpc) is 2.79. The van der Waals surface area contributed by atoms with Crippen molar-refractivity contribution < 1.29 is 9.47 Å². The number of fused-ring (bicyclic) bond motifs is 1. The normalized spacial score (nSPS) is 12.2. The minimum atomic E-state index is 0.115. The van der Waals surface area contributed by atoms with E-state index in [4.69, 9.17) is 9.47 Å². The predicted octanol–water partition coefficient (Wildman–Crippen LogP) is 3.95. The highest BCUT2D eigenvalue weighted by molar-refractivity contribution is 7.19. The second kappa shape index (κ2) is 7.36. The molecule has 2 rings (SSSR count). The second-order valence-corrected chi connectivity index (χ2v) is 7.29. The first-order valence-electron chi connectivity index (χ1n) is 7.32. The molecule has 116 valence electrons. The predicted molar refractivity (Wildman–Crippen MR) is 89.9 cm³/mol. The molecule has 1 aromatic carbocycles. The molecule has 2 aromatic rings. The molecular formula is C17H25NO2S. The van der Waals surface area contributed by atoms with Crippen molar-refractivity contribution in [2.75, 3.05) is 20.3 Å². The molecule has 0 aliphatic rings. The van der Waals surface area contributed by atoms with E-state index in [-0.39, 0.29) is 5.54 Å². The summed E-state index contributed by atoms with van der Waals surface area (Å²) in [7, 11) is 1.70. The van der Waals surface area contributed by atoms with Gasteiger partial charge in [-0.15, -0.1) is 11.3 Å². The number of rotatable bonds is 7. The van der Waals surface area contributed by atoms with Crippen molar-refractivity contribution in [2.24, 2.45) is 0 Å². The van der Waals surface area contributed by atoms with E-state index in [2.05, 4.69) is 50.4 Å². The molecule has 0 saturated heterocycles. The molecule has 0 aliphatic carbocycles. The van der Waals surface area contributed by atoms with Crippen molar-refractivity contribution in [3.05, 3.63) is 34.7 Å². The lowest BCUT2D eigenvalue weighted by Crippen LogP contribution is -2.35. The molecule has 1 N–H and O–H groups in total. The van der Waals surface area contributed by atoms with Crippen LogP contribution in [0.4, 0.5) is 0 Å². The smallest absolute Gasteiger partial charge is 0.0735 e. The summed E-state index contributed by atoms with van der Waals surface area (Å²) in [6, 6.07) is 8.55. The van der Waals surface area contributed by atoms with Gasteiger partial charge in [0.15, 0.2) is 0 Å². The zero-order valence-corrected chi connectivity index (χ0v) is 14.2. The van der Waals surface area contributed by atoms with Crippen LogP contribution in [0.2, 0.25) is 0 Å². The van der Waals surface area contributed by atoms with Gasteiger partial charge in [0.05, 0.1) is 19.8 Å². The molecule has 1 aromatic heterocycles. The highest BCUT2D eigenvalue weighted by Gasteiger charge is 2.15. The van der Waals surface area contributed by atoms with Crippen molar-refractivity contribution in [2.45, 2.75) is 39.5 Å². The Kier molecular flexibility index (Phi) is 5.76. The Hall–Kier alpha value is -0.940. The van der Waals surface area contributed by atoms with Crippen LogP contribution < -0.4 is 5.32 Å². The molecule has 0 fully saturated rings. The monoisotopic (exact) mass is 307 g/mol. The van der Waals surface area contributed by atoms with Crippen LogP contribution in [0.3, 0.4) is 0 Å². The van der Waals surface area contributed by atoms with Crippen molar-refractivity contribution in [3.8, 4) is 0 Å². The van der Waals surface area contributed by atoms with Crippen LogP contribution in [0, 0.1) is 0 Å². The van der Waals surface area contributed by atoms with E-state index in [0.717, 1.165) is 6.54 Å². The summed E-state index contributed by atoms with van der Waals surface area (Å²) >= 11 is 1.85. The minimum Gasteiger partial charge on any atom is -0.382 e. The maximum Gasteiger partial charge on any atom is 0.0735 e. The maximum absolute atomic E-state index is 5.75. The van der Waals surface area contributed by atoms with Crippen LogP contribution in [0.15, 0.2) is 24.3 Å². The van der Waals surface area contributed by atoms with Crippen LogP contribution in [0.25, 0.3) is 10.1 Å². The summed E-state index contributed by atoms with van der Waals surface area (Å²) in [6.45, 7) is 9.37. The molecule has 0 saturated carbocycles. The lowest BCUT2D eigenvalue weighted by atomic mass is 10.1. The Morgan fingerprint density at radius 1 is 1.14 bits per heavy atom. The van der Waals surface area contributed by atoms with Gasteiger partial charge in [0.2, 0.25) is 0 Å². The minimum absolute atomic E-state index is 0.115. The van der Waals surface area contributed by atoms with Crippen LogP contribution in [0.1, 0.15) is 31.2 Å². The van der Waals surface area contributed by atoms with E-state index in [1.807, 2.05) is 11.3 Å². The first-order chi connectivity index (χ1) is 10.0. The summed E-state index contributed by atoms with van der Waals surface area (Å²) in [5, 5.41) is 4.88. The zero-order valence-electron chi connectivity index (χ0n) is 13.4. The van der Waals surface area contributed by atoms with E-state index in [0.29, 0.717) is 19.8 Å². The lowest BCUT2D eigenvalue weighted by Gasteiger charge is -2.20. The maximum atomic E-state index is 5.75. The number of benzene rings is 1. The Bertz CT molecular complexity index is 572. The van der Waals surface area contributed by atoms with Gasteiger partial charge in [0.1, 0.15) is 0 Å². The van der Waals surface area contributed by atoms with Crippen molar-refractivity contribution in [1.82, 2.24) is 5.32 Å². The van der Waals surface area contributed by atoms with E-state index < -0.39 is 0 Å². The fourth-order valence-corrected chi connectivity index (χ4v) is 3.26. The lowest BCUT2D eigenvalue weighted by molar-refractivity contribution is 0.0619. The number of methoxy groups -OCH3 is 1. The quantitative estimate of drug-likeness (QED) is 0.786. The van der Waals surface area contributed by atoms with Crippen molar-refractivity contribution in [1.29, 1.82) is 0 Å². The molecule has 0 radical (unpaired) electrons. The van der Waals surface area contributed by atoms with Gasteiger partial charge in [0.25, 0.3) is 0 Å². The SMILES string of the molecule is COCCOCc1c(CNC(C)(C)C)sc2ccccc12. The number of hydrogen-bond donors (Lipinski definition) is 1. The van der Waals surface area contributed by atoms with Gasteiger partial charge in [-0.1, -0.05) is 18.2 Å². The topological polar surface area (TPSA) is 30.5 Å². The third-order valence-electron chi connectivity index (χ3n) is 3.24. The third kappa shape index (κ3) is 4.78. The summed E-state index contributed by atoms with van der Waals surface area (Å²) in [5.74, 6) is 0. The van der Waals surface area contributed by atoms with E-state index >= 15 is 0 Å². The standard InChI is InChI=1S/C17H25NO2S/c1-17(2,3)18-11-16-14(12-20-10-9-19-4)13-7-5-6-8-15(13)21-16/h5-8,18H,9-12H2,1-4H3. The summed E-state index contributed by atoms with van der Waals surface area (Å²) < 4.78 is 12.1. The van der Waals surface area contributed by atoms with Crippen molar-refractivity contribution in [3.63, 3.8) is 0 Å². The van der Waals surface area contributed by atoms with Gasteiger partial charge in [-0.05, 0) is 32.2 Å². The highest BCUT2D eigenvalue weighted by atomic mass is 32.1. The molecule has 21 heavy (non-hydrogen) atoms. The first-order valence-corrected chi connectivity index (χ1v) is 8.14. The van der Waals surface area contributed by atoms with Gasteiger partial charge in [-0.2, -0.15) is 0 Å². The van der Waals surface area contributed by atoms with Gasteiger partial charge < -0.3 is 14.8 Å². The summed E-state index contributed by atoms with van der Waals surface area (Å²) in [4.78, 5) is 1.36. The zero-order chi connectivity index (χ0) is 15.3. The van der Waals surface area contributed by atoms with E-state index in [1.165, 1.54) is 20.5 Å². The summed E-state index contributed by atoms with van der Waals surface area (Å²) in [6.07, 6.45) is 0. The molecule has 0 aliphatic heterocycles. The van der Waals surface area contributed by atoms with Crippen LogP contribution >= 0.6 is 11.3 Å². The number of nitrogens with one attached hydrogen (secondary N) is 1. The van der Waals surface area contributed by atoms with Crippen molar-refractivity contribution >= 4 is 21.4 Å². The average molecular weight is 307 g/mol. The van der Waals surface area contributed by atoms with Gasteiger partial charge in [-0.25, -0.2) is 0 Å². The molecular weight excluding hydrogens is 282 g/mol. The Morgan fingerprint density at radius 2 is 1.90 bits per heavy atom. The molecule has 3 nitrogen and oxygen atoms in total. The first kappa shape index (κ1) is 16.4. The fourth-order valence-electron chi connectivity index (χ4n) is 2.11. The Balaban J connectivity index is 2.17. The van der Waals surface area contributed by atoms with Crippen LogP contribution in [0.5, 0.6) is 0 Å². The molecule has 0 atom stereocenters. The highest BCUT2D eigenvalue weighted by Crippen LogP contribution is 2.32. The number of hydrogen-bond acceptors (Lipinski definition) is 4. The Labute approximate surface area is 131 Å². The van der Waals surface area contributed by atoms with Crippen LogP contribution in [-0.2, 0) is 22.6 Å². The molecule has 0 spiro atoms. The molecule has 0 bridgehead atoms. The second-order valence-electron chi connectivity index (χ2n) is 6.15. The number of ether oxygens (including phenoxy) is 2. The van der Waals surface area contributed by atoms with Gasteiger partial charge in [-0.3, -0.25) is 0 Å². The molecule has 0 unspecified atom stereocenters. The fraction of sp³-hybridized carbons (Fsp3) is 0.529. The van der Waals surface area contributed by atoms with E-state index in [1.54, 1.807) is 7.11 Å².